The summed E-state index contributed by atoms with van der Waals surface area (Å²) in [7, 11) is 0. The van der Waals surface area contributed by atoms with Gasteiger partial charge in [0.25, 0.3) is 0 Å². The number of hydrogen-bond acceptors (Lipinski definition) is 3. The number of nitriles is 1. The number of aromatic nitrogens is 1. The van der Waals surface area contributed by atoms with Crippen molar-refractivity contribution in [2.75, 3.05) is 18.0 Å². The predicted molar refractivity (Wildman–Crippen MR) is 64.8 cm³/mol. The molecule has 0 spiro atoms. The van der Waals surface area contributed by atoms with Crippen molar-refractivity contribution in [2.24, 2.45) is 0 Å². The summed E-state index contributed by atoms with van der Waals surface area (Å²) >= 11 is 3.49. The zero-order chi connectivity index (χ0) is 11.3. The highest BCUT2D eigenvalue weighted by molar-refractivity contribution is 9.10. The first-order chi connectivity index (χ1) is 7.19. The van der Waals surface area contributed by atoms with Crippen molar-refractivity contribution in [1.82, 2.24) is 4.98 Å². The molecule has 0 amide bonds. The van der Waals surface area contributed by atoms with E-state index in [0.717, 1.165) is 28.9 Å². The van der Waals surface area contributed by atoms with Gasteiger partial charge >= 0.3 is 0 Å². The van der Waals surface area contributed by atoms with Crippen LogP contribution in [0.5, 0.6) is 0 Å². The summed E-state index contributed by atoms with van der Waals surface area (Å²) in [4.78, 5) is 6.46. The van der Waals surface area contributed by atoms with E-state index in [4.69, 9.17) is 5.26 Å². The van der Waals surface area contributed by atoms with Gasteiger partial charge in [-0.3, -0.25) is 0 Å². The van der Waals surface area contributed by atoms with Gasteiger partial charge in [0.05, 0.1) is 17.0 Å². The molecule has 0 bridgehead atoms. The minimum Gasteiger partial charge on any atom is -0.355 e. The highest BCUT2D eigenvalue weighted by Crippen LogP contribution is 2.24. The Hall–Kier alpha value is -1.08. The molecule has 1 aromatic heterocycles. The highest BCUT2D eigenvalue weighted by Gasteiger charge is 2.09. The number of rotatable bonds is 4. The van der Waals surface area contributed by atoms with Gasteiger partial charge in [0.15, 0.2) is 0 Å². The topological polar surface area (TPSA) is 39.9 Å². The summed E-state index contributed by atoms with van der Waals surface area (Å²) < 4.78 is 0.988. The minimum absolute atomic E-state index is 0.524. The molecule has 3 nitrogen and oxygen atoms in total. The molecule has 0 unspecified atom stereocenters. The molecule has 1 rings (SSSR count). The Bertz CT molecular complexity index is 371. The van der Waals surface area contributed by atoms with Gasteiger partial charge in [-0.05, 0) is 41.4 Å². The normalized spacial score (nSPS) is 9.73. The SMILES string of the molecule is CCN(CCC#N)c1ncc(C)cc1Br. The fourth-order valence-electron chi connectivity index (χ4n) is 1.36. The van der Waals surface area contributed by atoms with E-state index in [9.17, 15) is 0 Å². The van der Waals surface area contributed by atoms with Gasteiger partial charge in [0.2, 0.25) is 0 Å². The van der Waals surface area contributed by atoms with Crippen molar-refractivity contribution >= 4 is 21.7 Å². The summed E-state index contributed by atoms with van der Waals surface area (Å²) in [5, 5.41) is 8.56. The maximum atomic E-state index is 8.56. The fraction of sp³-hybridized carbons (Fsp3) is 0.455. The van der Waals surface area contributed by atoms with Crippen molar-refractivity contribution < 1.29 is 0 Å². The maximum Gasteiger partial charge on any atom is 0.142 e. The first kappa shape index (κ1) is 12.0. The van der Waals surface area contributed by atoms with E-state index in [2.05, 4.69) is 38.8 Å². The van der Waals surface area contributed by atoms with Gasteiger partial charge in [-0.15, -0.1) is 0 Å². The lowest BCUT2D eigenvalue weighted by Crippen LogP contribution is -2.25. The molecule has 80 valence electrons. The van der Waals surface area contributed by atoms with Crippen LogP contribution < -0.4 is 4.90 Å². The number of hydrogen-bond donors (Lipinski definition) is 0. The van der Waals surface area contributed by atoms with Crippen LogP contribution in [-0.2, 0) is 0 Å². The fourth-order valence-corrected chi connectivity index (χ4v) is 2.07. The van der Waals surface area contributed by atoms with Crippen LogP contribution in [0.25, 0.3) is 0 Å². The minimum atomic E-state index is 0.524. The second-order valence-corrected chi connectivity index (χ2v) is 4.16. The highest BCUT2D eigenvalue weighted by atomic mass is 79.9. The van der Waals surface area contributed by atoms with Crippen molar-refractivity contribution in [1.29, 1.82) is 5.26 Å². The van der Waals surface area contributed by atoms with E-state index >= 15 is 0 Å². The van der Waals surface area contributed by atoms with E-state index < -0.39 is 0 Å². The van der Waals surface area contributed by atoms with Crippen molar-refractivity contribution in [3.8, 4) is 6.07 Å². The molecule has 0 aliphatic carbocycles. The molecular weight excluding hydrogens is 254 g/mol. The van der Waals surface area contributed by atoms with Gasteiger partial charge in [-0.25, -0.2) is 4.98 Å². The Kier molecular flexibility index (Phi) is 4.57. The molecule has 1 heterocycles. The molecule has 0 fully saturated rings. The molecule has 0 saturated carbocycles. The molecule has 0 radical (unpaired) electrons. The van der Waals surface area contributed by atoms with E-state index in [-0.39, 0.29) is 0 Å². The van der Waals surface area contributed by atoms with Crippen LogP contribution in [-0.4, -0.2) is 18.1 Å². The molecule has 0 aliphatic rings. The van der Waals surface area contributed by atoms with Gasteiger partial charge in [-0.2, -0.15) is 5.26 Å². The van der Waals surface area contributed by atoms with Gasteiger partial charge in [0, 0.05) is 19.3 Å². The van der Waals surface area contributed by atoms with Gasteiger partial charge in [0.1, 0.15) is 5.82 Å². The zero-order valence-corrected chi connectivity index (χ0v) is 10.6. The van der Waals surface area contributed by atoms with E-state index in [1.165, 1.54) is 0 Å². The molecule has 0 N–H and O–H groups in total. The number of anilines is 1. The lowest BCUT2D eigenvalue weighted by atomic mass is 10.3. The first-order valence-corrected chi connectivity index (χ1v) is 5.72. The number of pyridine rings is 1. The lowest BCUT2D eigenvalue weighted by Gasteiger charge is -2.21. The summed E-state index contributed by atoms with van der Waals surface area (Å²) in [6.45, 7) is 5.65. The Balaban J connectivity index is 2.87. The summed E-state index contributed by atoms with van der Waals surface area (Å²) in [5.74, 6) is 0.915. The Morgan fingerprint density at radius 1 is 1.60 bits per heavy atom. The third-order valence-corrected chi connectivity index (χ3v) is 2.72. The van der Waals surface area contributed by atoms with Crippen LogP contribution in [0.1, 0.15) is 18.9 Å². The van der Waals surface area contributed by atoms with E-state index in [0.29, 0.717) is 6.42 Å². The summed E-state index contributed by atoms with van der Waals surface area (Å²) in [6, 6.07) is 4.19. The molecule has 0 aromatic carbocycles. The van der Waals surface area contributed by atoms with Crippen LogP contribution >= 0.6 is 15.9 Å². The quantitative estimate of drug-likeness (QED) is 0.842. The standard InChI is InChI=1S/C11H14BrN3/c1-3-15(6-4-5-13)11-10(12)7-9(2)8-14-11/h7-8H,3-4,6H2,1-2H3. The average Bonchev–Trinajstić information content (AvgIpc) is 2.21. The molecule has 0 atom stereocenters. The molecule has 0 saturated heterocycles. The first-order valence-electron chi connectivity index (χ1n) is 4.93. The van der Waals surface area contributed by atoms with Crippen LogP contribution in [0, 0.1) is 18.3 Å². The second-order valence-electron chi connectivity index (χ2n) is 3.31. The number of aryl methyl sites for hydroxylation is 1. The van der Waals surface area contributed by atoms with Crippen LogP contribution in [0.2, 0.25) is 0 Å². The van der Waals surface area contributed by atoms with E-state index in [1.807, 2.05) is 19.2 Å². The number of nitrogens with zero attached hydrogens (tertiary/aromatic N) is 3. The third-order valence-electron chi connectivity index (χ3n) is 2.13. The van der Waals surface area contributed by atoms with Crippen molar-refractivity contribution in [2.45, 2.75) is 20.3 Å². The summed E-state index contributed by atoms with van der Waals surface area (Å²) in [6.07, 6.45) is 2.37. The van der Waals surface area contributed by atoms with Gasteiger partial charge < -0.3 is 4.90 Å². The molecule has 15 heavy (non-hydrogen) atoms. The van der Waals surface area contributed by atoms with Crippen LogP contribution in [0.4, 0.5) is 5.82 Å². The van der Waals surface area contributed by atoms with E-state index in [1.54, 1.807) is 0 Å². The van der Waals surface area contributed by atoms with Crippen LogP contribution in [0.3, 0.4) is 0 Å². The zero-order valence-electron chi connectivity index (χ0n) is 9.00. The summed E-state index contributed by atoms with van der Waals surface area (Å²) in [5.41, 5.74) is 1.13. The monoisotopic (exact) mass is 267 g/mol. The Morgan fingerprint density at radius 2 is 2.33 bits per heavy atom. The maximum absolute atomic E-state index is 8.56. The Labute approximate surface area is 98.9 Å². The largest absolute Gasteiger partial charge is 0.355 e. The average molecular weight is 268 g/mol. The van der Waals surface area contributed by atoms with Gasteiger partial charge in [-0.1, -0.05) is 0 Å². The molecule has 1 aromatic rings. The second kappa shape index (κ2) is 5.72. The Morgan fingerprint density at radius 3 is 2.87 bits per heavy atom. The van der Waals surface area contributed by atoms with Crippen molar-refractivity contribution in [3.05, 3.63) is 22.3 Å². The van der Waals surface area contributed by atoms with Crippen LogP contribution in [0.15, 0.2) is 16.7 Å². The molecule has 4 heteroatoms. The smallest absolute Gasteiger partial charge is 0.142 e. The lowest BCUT2D eigenvalue weighted by molar-refractivity contribution is 0.807. The number of halogens is 1. The predicted octanol–water partition coefficient (Wildman–Crippen LogP) is 2.89. The third kappa shape index (κ3) is 3.21. The van der Waals surface area contributed by atoms with Crippen molar-refractivity contribution in [3.63, 3.8) is 0 Å². The molecule has 0 aliphatic heterocycles. The molecular formula is C11H14BrN3.